The highest BCUT2D eigenvalue weighted by Gasteiger charge is 2.26. The minimum atomic E-state index is 0.666. The van der Waals surface area contributed by atoms with Crippen LogP contribution in [0.2, 0.25) is 0 Å². The zero-order valence-electron chi connectivity index (χ0n) is 13.3. The van der Waals surface area contributed by atoms with Crippen LogP contribution in [0.3, 0.4) is 0 Å². The van der Waals surface area contributed by atoms with Gasteiger partial charge in [-0.25, -0.2) is 0 Å². The van der Waals surface area contributed by atoms with E-state index in [-0.39, 0.29) is 0 Å². The molecular formula is C18H30N2. The van der Waals surface area contributed by atoms with Crippen LogP contribution in [0.15, 0.2) is 30.3 Å². The van der Waals surface area contributed by atoms with Crippen LogP contribution in [-0.4, -0.2) is 37.1 Å². The molecule has 0 aromatic heterocycles. The molecule has 1 aromatic rings. The van der Waals surface area contributed by atoms with Gasteiger partial charge in [0.1, 0.15) is 0 Å². The van der Waals surface area contributed by atoms with Crippen LogP contribution in [0.5, 0.6) is 0 Å². The Morgan fingerprint density at radius 2 is 1.95 bits per heavy atom. The predicted molar refractivity (Wildman–Crippen MR) is 87.0 cm³/mol. The van der Waals surface area contributed by atoms with Gasteiger partial charge in [-0.15, -0.1) is 0 Å². The van der Waals surface area contributed by atoms with Gasteiger partial charge in [-0.3, -0.25) is 0 Å². The Labute approximate surface area is 124 Å². The SMILES string of the molecule is CCN1CC(Cc2ccccc2)CC(NCC(C)C)C1. The van der Waals surface area contributed by atoms with Crippen molar-refractivity contribution in [1.82, 2.24) is 10.2 Å². The van der Waals surface area contributed by atoms with Crippen LogP contribution in [0.4, 0.5) is 0 Å². The van der Waals surface area contributed by atoms with Crippen molar-refractivity contribution >= 4 is 0 Å². The maximum Gasteiger partial charge on any atom is 0.0198 e. The van der Waals surface area contributed by atoms with Gasteiger partial charge in [-0.05, 0) is 43.3 Å². The van der Waals surface area contributed by atoms with Gasteiger partial charge in [0.25, 0.3) is 0 Å². The first-order chi connectivity index (χ1) is 9.67. The van der Waals surface area contributed by atoms with Crippen LogP contribution in [0.1, 0.15) is 32.8 Å². The second kappa shape index (κ2) is 7.80. The van der Waals surface area contributed by atoms with E-state index in [0.29, 0.717) is 6.04 Å². The van der Waals surface area contributed by atoms with E-state index in [9.17, 15) is 0 Å². The average Bonchev–Trinajstić information content (AvgIpc) is 2.46. The zero-order valence-corrected chi connectivity index (χ0v) is 13.3. The lowest BCUT2D eigenvalue weighted by atomic mass is 9.88. The van der Waals surface area contributed by atoms with Crippen LogP contribution in [0, 0.1) is 11.8 Å². The Kier molecular flexibility index (Phi) is 6.06. The average molecular weight is 274 g/mol. The lowest BCUT2D eigenvalue weighted by Crippen LogP contribution is -2.50. The number of nitrogens with one attached hydrogen (secondary N) is 1. The Morgan fingerprint density at radius 3 is 2.60 bits per heavy atom. The minimum absolute atomic E-state index is 0.666. The molecule has 1 aliphatic rings. The summed E-state index contributed by atoms with van der Waals surface area (Å²) in [6.45, 7) is 11.6. The largest absolute Gasteiger partial charge is 0.312 e. The molecule has 2 atom stereocenters. The van der Waals surface area contributed by atoms with Gasteiger partial charge in [0.15, 0.2) is 0 Å². The van der Waals surface area contributed by atoms with Crippen molar-refractivity contribution < 1.29 is 0 Å². The molecule has 1 aliphatic heterocycles. The lowest BCUT2D eigenvalue weighted by Gasteiger charge is -2.38. The van der Waals surface area contributed by atoms with Crippen LogP contribution >= 0.6 is 0 Å². The third-order valence-corrected chi connectivity index (χ3v) is 4.24. The third-order valence-electron chi connectivity index (χ3n) is 4.24. The maximum atomic E-state index is 3.76. The molecule has 112 valence electrons. The van der Waals surface area contributed by atoms with Crippen molar-refractivity contribution in [1.29, 1.82) is 0 Å². The van der Waals surface area contributed by atoms with Gasteiger partial charge in [-0.1, -0.05) is 51.1 Å². The fraction of sp³-hybridized carbons (Fsp3) is 0.667. The third kappa shape index (κ3) is 4.92. The van der Waals surface area contributed by atoms with Crippen LogP contribution in [0.25, 0.3) is 0 Å². The Bertz CT molecular complexity index is 374. The molecule has 2 heteroatoms. The van der Waals surface area contributed by atoms with Crippen molar-refractivity contribution in [3.63, 3.8) is 0 Å². The van der Waals surface area contributed by atoms with Crippen LogP contribution < -0.4 is 5.32 Å². The molecule has 2 rings (SSSR count). The normalized spacial score (nSPS) is 24.2. The van der Waals surface area contributed by atoms with E-state index in [1.165, 1.54) is 38.0 Å². The number of piperidine rings is 1. The molecule has 1 N–H and O–H groups in total. The molecule has 1 saturated heterocycles. The number of likely N-dealkylation sites (N-methyl/N-ethyl adjacent to an activating group) is 1. The summed E-state index contributed by atoms with van der Waals surface area (Å²) >= 11 is 0. The quantitative estimate of drug-likeness (QED) is 0.857. The van der Waals surface area contributed by atoms with Gasteiger partial charge >= 0.3 is 0 Å². The van der Waals surface area contributed by atoms with Crippen molar-refractivity contribution in [3.05, 3.63) is 35.9 Å². The minimum Gasteiger partial charge on any atom is -0.312 e. The summed E-state index contributed by atoms with van der Waals surface area (Å²) in [6.07, 6.45) is 2.54. The molecule has 1 aromatic carbocycles. The molecular weight excluding hydrogens is 244 g/mol. The first-order valence-electron chi connectivity index (χ1n) is 8.17. The molecule has 2 unspecified atom stereocenters. The maximum absolute atomic E-state index is 3.76. The molecule has 0 radical (unpaired) electrons. The smallest absolute Gasteiger partial charge is 0.0198 e. The second-order valence-corrected chi connectivity index (χ2v) is 6.64. The highest BCUT2D eigenvalue weighted by atomic mass is 15.2. The fourth-order valence-corrected chi connectivity index (χ4v) is 3.21. The summed E-state index contributed by atoms with van der Waals surface area (Å²) in [7, 11) is 0. The Morgan fingerprint density at radius 1 is 1.20 bits per heavy atom. The molecule has 1 heterocycles. The topological polar surface area (TPSA) is 15.3 Å². The van der Waals surface area contributed by atoms with Gasteiger partial charge in [0.2, 0.25) is 0 Å². The van der Waals surface area contributed by atoms with Crippen molar-refractivity contribution in [2.75, 3.05) is 26.2 Å². The summed E-state index contributed by atoms with van der Waals surface area (Å²) < 4.78 is 0. The van der Waals surface area contributed by atoms with E-state index in [1.807, 2.05) is 0 Å². The lowest BCUT2D eigenvalue weighted by molar-refractivity contribution is 0.145. The number of benzene rings is 1. The summed E-state index contributed by atoms with van der Waals surface area (Å²) in [5.41, 5.74) is 1.48. The fourth-order valence-electron chi connectivity index (χ4n) is 3.21. The van der Waals surface area contributed by atoms with E-state index in [4.69, 9.17) is 0 Å². The van der Waals surface area contributed by atoms with Crippen molar-refractivity contribution in [2.45, 2.75) is 39.7 Å². The number of rotatable bonds is 6. The van der Waals surface area contributed by atoms with Crippen LogP contribution in [-0.2, 0) is 6.42 Å². The highest BCUT2D eigenvalue weighted by molar-refractivity contribution is 5.15. The summed E-state index contributed by atoms with van der Waals surface area (Å²) in [4.78, 5) is 2.61. The predicted octanol–water partition coefficient (Wildman–Crippen LogP) is 3.19. The molecule has 0 saturated carbocycles. The summed E-state index contributed by atoms with van der Waals surface area (Å²) in [5, 5.41) is 3.76. The zero-order chi connectivity index (χ0) is 14.4. The molecule has 20 heavy (non-hydrogen) atoms. The van der Waals surface area contributed by atoms with Gasteiger partial charge in [0, 0.05) is 19.1 Å². The molecule has 0 spiro atoms. The molecule has 0 amide bonds. The van der Waals surface area contributed by atoms with E-state index in [2.05, 4.69) is 61.3 Å². The Balaban J connectivity index is 1.91. The number of hydrogen-bond acceptors (Lipinski definition) is 2. The van der Waals surface area contributed by atoms with Crippen molar-refractivity contribution in [3.8, 4) is 0 Å². The molecule has 1 fully saturated rings. The van der Waals surface area contributed by atoms with Gasteiger partial charge in [-0.2, -0.15) is 0 Å². The second-order valence-electron chi connectivity index (χ2n) is 6.64. The van der Waals surface area contributed by atoms with Crippen molar-refractivity contribution in [2.24, 2.45) is 11.8 Å². The van der Waals surface area contributed by atoms with Gasteiger partial charge < -0.3 is 10.2 Å². The standard InChI is InChI=1S/C18H30N2/c1-4-20-13-17(10-16-8-6-5-7-9-16)11-18(14-20)19-12-15(2)3/h5-9,15,17-19H,4,10-14H2,1-3H3. The monoisotopic (exact) mass is 274 g/mol. The number of nitrogens with zero attached hydrogens (tertiary/aromatic N) is 1. The van der Waals surface area contributed by atoms with Gasteiger partial charge in [0.05, 0.1) is 0 Å². The molecule has 2 nitrogen and oxygen atoms in total. The first kappa shape index (κ1) is 15.5. The first-order valence-corrected chi connectivity index (χ1v) is 8.17. The highest BCUT2D eigenvalue weighted by Crippen LogP contribution is 2.21. The van der Waals surface area contributed by atoms with E-state index < -0.39 is 0 Å². The molecule has 0 aliphatic carbocycles. The van der Waals surface area contributed by atoms with E-state index in [1.54, 1.807) is 0 Å². The Hall–Kier alpha value is -0.860. The molecule has 0 bridgehead atoms. The van der Waals surface area contributed by atoms with E-state index in [0.717, 1.165) is 18.4 Å². The number of hydrogen-bond donors (Lipinski definition) is 1. The number of likely N-dealkylation sites (tertiary alicyclic amines) is 1. The summed E-state index contributed by atoms with van der Waals surface area (Å²) in [6, 6.07) is 11.6. The summed E-state index contributed by atoms with van der Waals surface area (Å²) in [5.74, 6) is 1.52. The van der Waals surface area contributed by atoms with E-state index >= 15 is 0 Å².